The predicted octanol–water partition coefficient (Wildman–Crippen LogP) is 1.43. The molecule has 0 saturated carbocycles. The van der Waals surface area contributed by atoms with Crippen molar-refractivity contribution in [3.05, 3.63) is 34.3 Å². The van der Waals surface area contributed by atoms with Gasteiger partial charge in [-0.25, -0.2) is 0 Å². The van der Waals surface area contributed by atoms with Crippen LogP contribution in [0.25, 0.3) is 0 Å². The summed E-state index contributed by atoms with van der Waals surface area (Å²) < 4.78 is 0. The van der Waals surface area contributed by atoms with Crippen LogP contribution in [0.4, 0.5) is 0 Å². The molecule has 1 aromatic carbocycles. The fraction of sp³-hybridized carbons (Fsp3) is 0.400. The first-order chi connectivity index (χ1) is 6.15. The Morgan fingerprint density at radius 3 is 3.00 bits per heavy atom. The number of fused-ring (bicyclic) bond motifs is 1. The Bertz CT molecular complexity index is 340. The molecule has 0 amide bonds. The van der Waals surface area contributed by atoms with Crippen molar-refractivity contribution in [2.75, 3.05) is 6.54 Å². The molecule has 2 rings (SSSR count). The second-order valence-corrected chi connectivity index (χ2v) is 3.97. The van der Waals surface area contributed by atoms with Gasteiger partial charge in [-0.3, -0.25) is 0 Å². The van der Waals surface area contributed by atoms with Crippen molar-refractivity contribution in [1.29, 1.82) is 0 Å². The monoisotopic (exact) mass is 197 g/mol. The summed E-state index contributed by atoms with van der Waals surface area (Å²) in [6.07, 6.45) is 1.60. The summed E-state index contributed by atoms with van der Waals surface area (Å²) in [6.45, 7) is 0.264. The molecule has 1 aromatic rings. The molecule has 70 valence electrons. The van der Waals surface area contributed by atoms with Gasteiger partial charge in [-0.05, 0) is 36.1 Å². The van der Waals surface area contributed by atoms with E-state index in [2.05, 4.69) is 0 Å². The normalized spacial score (nSPS) is 26.1. The minimum absolute atomic E-state index is 0.264. The van der Waals surface area contributed by atoms with Gasteiger partial charge >= 0.3 is 0 Å². The summed E-state index contributed by atoms with van der Waals surface area (Å²) in [5.41, 5.74) is 6.76. The van der Waals surface area contributed by atoms with Gasteiger partial charge in [-0.1, -0.05) is 17.7 Å². The van der Waals surface area contributed by atoms with Crippen molar-refractivity contribution in [2.45, 2.75) is 18.4 Å². The molecule has 1 aliphatic carbocycles. The van der Waals surface area contributed by atoms with Crippen molar-refractivity contribution in [2.24, 2.45) is 5.73 Å². The van der Waals surface area contributed by atoms with Crippen LogP contribution in [0.1, 0.15) is 17.5 Å². The molecule has 0 spiro atoms. The lowest BCUT2D eigenvalue weighted by Gasteiger charge is -2.21. The fourth-order valence-electron chi connectivity index (χ4n) is 1.89. The lowest BCUT2D eigenvalue weighted by Crippen LogP contribution is -2.32. The molecule has 0 radical (unpaired) electrons. The molecule has 3 heteroatoms. The number of rotatable bonds is 1. The summed E-state index contributed by atoms with van der Waals surface area (Å²) in [6, 6.07) is 5.63. The van der Waals surface area contributed by atoms with E-state index in [1.165, 1.54) is 0 Å². The van der Waals surface area contributed by atoms with E-state index in [0.717, 1.165) is 17.5 Å². The van der Waals surface area contributed by atoms with E-state index in [9.17, 15) is 5.11 Å². The number of aliphatic hydroxyl groups is 1. The predicted molar refractivity (Wildman–Crippen MR) is 52.7 cm³/mol. The molecule has 13 heavy (non-hydrogen) atoms. The highest BCUT2D eigenvalue weighted by Gasteiger charge is 2.35. The third-order valence-corrected chi connectivity index (χ3v) is 2.95. The van der Waals surface area contributed by atoms with Crippen LogP contribution < -0.4 is 5.73 Å². The Labute approximate surface area is 82.3 Å². The first kappa shape index (κ1) is 9.00. The zero-order chi connectivity index (χ0) is 9.47. The van der Waals surface area contributed by atoms with E-state index in [1.54, 1.807) is 0 Å². The molecule has 2 nitrogen and oxygen atoms in total. The minimum Gasteiger partial charge on any atom is -0.384 e. The Hall–Kier alpha value is -0.570. The smallest absolute Gasteiger partial charge is 0.102 e. The lowest BCUT2D eigenvalue weighted by atomic mass is 9.96. The maximum Gasteiger partial charge on any atom is 0.102 e. The van der Waals surface area contributed by atoms with Crippen molar-refractivity contribution in [1.82, 2.24) is 0 Å². The van der Waals surface area contributed by atoms with E-state index in [0.29, 0.717) is 11.4 Å². The number of nitrogens with two attached hydrogens (primary N) is 1. The molecule has 0 unspecified atom stereocenters. The minimum atomic E-state index is -0.847. The number of aryl methyl sites for hydroxylation is 1. The van der Waals surface area contributed by atoms with Crippen LogP contribution in [-0.4, -0.2) is 11.7 Å². The number of hydrogen-bond acceptors (Lipinski definition) is 2. The summed E-state index contributed by atoms with van der Waals surface area (Å²) in [5, 5.41) is 10.8. The highest BCUT2D eigenvalue weighted by Crippen LogP contribution is 2.37. The molecule has 1 aliphatic rings. The van der Waals surface area contributed by atoms with E-state index < -0.39 is 5.60 Å². The summed E-state index contributed by atoms with van der Waals surface area (Å²) in [5.74, 6) is 0. The Balaban J connectivity index is 2.52. The average Bonchev–Trinajstić information content (AvgIpc) is 2.45. The van der Waals surface area contributed by atoms with E-state index >= 15 is 0 Å². The molecule has 1 atom stereocenters. The second-order valence-electron chi connectivity index (χ2n) is 3.54. The third-order valence-electron chi connectivity index (χ3n) is 2.72. The molecule has 0 heterocycles. The quantitative estimate of drug-likeness (QED) is 0.716. The van der Waals surface area contributed by atoms with Crippen molar-refractivity contribution in [3.63, 3.8) is 0 Å². The average molecular weight is 198 g/mol. The van der Waals surface area contributed by atoms with Crippen LogP contribution >= 0.6 is 11.6 Å². The molecule has 0 fully saturated rings. The molecule has 0 saturated heterocycles. The van der Waals surface area contributed by atoms with Crippen LogP contribution in [-0.2, 0) is 12.0 Å². The van der Waals surface area contributed by atoms with Crippen LogP contribution in [0, 0.1) is 0 Å². The Morgan fingerprint density at radius 2 is 2.31 bits per heavy atom. The molecule has 0 bridgehead atoms. The van der Waals surface area contributed by atoms with Gasteiger partial charge in [0.25, 0.3) is 0 Å². The zero-order valence-electron chi connectivity index (χ0n) is 7.26. The summed E-state index contributed by atoms with van der Waals surface area (Å²) >= 11 is 5.86. The van der Waals surface area contributed by atoms with Gasteiger partial charge in [0.2, 0.25) is 0 Å². The number of halogens is 1. The first-order valence-corrected chi connectivity index (χ1v) is 4.75. The molecule has 0 aromatic heterocycles. The van der Waals surface area contributed by atoms with Gasteiger partial charge in [0.1, 0.15) is 5.60 Å². The highest BCUT2D eigenvalue weighted by molar-refractivity contribution is 6.30. The molecule has 0 aliphatic heterocycles. The van der Waals surface area contributed by atoms with E-state index in [1.807, 2.05) is 18.2 Å². The Morgan fingerprint density at radius 1 is 1.54 bits per heavy atom. The maximum atomic E-state index is 10.1. The van der Waals surface area contributed by atoms with Crippen LogP contribution in [0.15, 0.2) is 18.2 Å². The van der Waals surface area contributed by atoms with Crippen molar-refractivity contribution in [3.8, 4) is 0 Å². The van der Waals surface area contributed by atoms with E-state index in [-0.39, 0.29) is 6.54 Å². The summed E-state index contributed by atoms with van der Waals surface area (Å²) in [7, 11) is 0. The van der Waals surface area contributed by atoms with Crippen LogP contribution in [0.2, 0.25) is 5.02 Å². The van der Waals surface area contributed by atoms with Gasteiger partial charge in [0, 0.05) is 11.6 Å². The van der Waals surface area contributed by atoms with E-state index in [4.69, 9.17) is 17.3 Å². The Kier molecular flexibility index (Phi) is 2.06. The third kappa shape index (κ3) is 1.35. The van der Waals surface area contributed by atoms with Crippen LogP contribution in [0.5, 0.6) is 0 Å². The van der Waals surface area contributed by atoms with Gasteiger partial charge < -0.3 is 10.8 Å². The van der Waals surface area contributed by atoms with Crippen molar-refractivity contribution < 1.29 is 5.11 Å². The standard InChI is InChI=1S/C10H12ClNO/c11-8-2-1-7-3-4-10(13,6-12)9(7)5-8/h1-2,5,13H,3-4,6,12H2/t10-/m1/s1. The maximum absolute atomic E-state index is 10.1. The largest absolute Gasteiger partial charge is 0.384 e. The molecular formula is C10H12ClNO. The second kappa shape index (κ2) is 2.98. The zero-order valence-corrected chi connectivity index (χ0v) is 8.01. The molecule has 3 N–H and O–H groups in total. The first-order valence-electron chi connectivity index (χ1n) is 4.37. The lowest BCUT2D eigenvalue weighted by molar-refractivity contribution is 0.0481. The topological polar surface area (TPSA) is 46.2 Å². The number of hydrogen-bond donors (Lipinski definition) is 2. The SMILES string of the molecule is NC[C@]1(O)CCc2ccc(Cl)cc21. The fourth-order valence-corrected chi connectivity index (χ4v) is 2.06. The molecular weight excluding hydrogens is 186 g/mol. The van der Waals surface area contributed by atoms with Crippen LogP contribution in [0.3, 0.4) is 0 Å². The number of benzene rings is 1. The van der Waals surface area contributed by atoms with Gasteiger partial charge in [-0.15, -0.1) is 0 Å². The van der Waals surface area contributed by atoms with Gasteiger partial charge in [-0.2, -0.15) is 0 Å². The van der Waals surface area contributed by atoms with Gasteiger partial charge in [0.05, 0.1) is 0 Å². The summed E-state index contributed by atoms with van der Waals surface area (Å²) in [4.78, 5) is 0. The van der Waals surface area contributed by atoms with Crippen molar-refractivity contribution >= 4 is 11.6 Å². The van der Waals surface area contributed by atoms with Gasteiger partial charge in [0.15, 0.2) is 0 Å². The highest BCUT2D eigenvalue weighted by atomic mass is 35.5.